The summed E-state index contributed by atoms with van der Waals surface area (Å²) in [5.74, 6) is 0.190. The second-order valence-corrected chi connectivity index (χ2v) is 4.75. The molecule has 1 amide bonds. The summed E-state index contributed by atoms with van der Waals surface area (Å²) in [6, 6.07) is 3.87. The molecule has 0 spiro atoms. The molecule has 0 bridgehead atoms. The summed E-state index contributed by atoms with van der Waals surface area (Å²) in [5, 5.41) is 0. The van der Waals surface area contributed by atoms with Gasteiger partial charge in [0.05, 0.1) is 5.56 Å². The highest BCUT2D eigenvalue weighted by molar-refractivity contribution is 5.99. The number of nitrogens with two attached hydrogens (primary N) is 2. The van der Waals surface area contributed by atoms with Gasteiger partial charge < -0.3 is 11.5 Å². The van der Waals surface area contributed by atoms with E-state index in [0.717, 1.165) is 11.1 Å². The number of primary amides is 1. The number of carbonyl (C=O) groups excluding carboxylic acids is 1. The molecule has 3 nitrogen and oxygen atoms in total. The molecule has 0 aliphatic heterocycles. The molecule has 88 valence electrons. The second-order valence-electron chi connectivity index (χ2n) is 4.75. The van der Waals surface area contributed by atoms with Crippen LogP contribution < -0.4 is 11.5 Å². The van der Waals surface area contributed by atoms with Crippen LogP contribution >= 0.6 is 0 Å². The Labute approximate surface area is 96.8 Å². The van der Waals surface area contributed by atoms with Crippen LogP contribution in [0, 0.1) is 0 Å². The van der Waals surface area contributed by atoms with Crippen LogP contribution in [0.2, 0.25) is 0 Å². The lowest BCUT2D eigenvalue weighted by Gasteiger charge is -2.16. The summed E-state index contributed by atoms with van der Waals surface area (Å²) in [6.07, 6.45) is 0. The highest BCUT2D eigenvalue weighted by Crippen LogP contribution is 2.29. The van der Waals surface area contributed by atoms with E-state index in [-0.39, 0.29) is 5.92 Å². The van der Waals surface area contributed by atoms with Gasteiger partial charge in [-0.3, -0.25) is 4.79 Å². The molecule has 0 atom stereocenters. The zero-order valence-electron chi connectivity index (χ0n) is 10.4. The standard InChI is InChI=1S/C13H20N2O/c1-7(2)9-5-10(8(3)4)12(14)11(6-9)13(15)16/h5-8H,14H2,1-4H3,(H2,15,16). The van der Waals surface area contributed by atoms with E-state index in [9.17, 15) is 4.79 Å². The van der Waals surface area contributed by atoms with Crippen molar-refractivity contribution in [2.24, 2.45) is 5.73 Å². The molecule has 0 saturated carbocycles. The Kier molecular flexibility index (Phi) is 3.58. The van der Waals surface area contributed by atoms with Crippen LogP contribution in [0.15, 0.2) is 12.1 Å². The van der Waals surface area contributed by atoms with Gasteiger partial charge in [-0.05, 0) is 29.0 Å². The number of hydrogen-bond acceptors (Lipinski definition) is 2. The van der Waals surface area contributed by atoms with Crippen LogP contribution in [0.5, 0.6) is 0 Å². The van der Waals surface area contributed by atoms with Gasteiger partial charge in [0.1, 0.15) is 0 Å². The molecular formula is C13H20N2O. The number of anilines is 1. The van der Waals surface area contributed by atoms with E-state index >= 15 is 0 Å². The molecule has 4 N–H and O–H groups in total. The van der Waals surface area contributed by atoms with Gasteiger partial charge in [0.15, 0.2) is 0 Å². The zero-order chi connectivity index (χ0) is 12.5. The summed E-state index contributed by atoms with van der Waals surface area (Å²) >= 11 is 0. The van der Waals surface area contributed by atoms with Crippen molar-refractivity contribution in [1.82, 2.24) is 0 Å². The zero-order valence-corrected chi connectivity index (χ0v) is 10.4. The SMILES string of the molecule is CC(C)c1cc(C(N)=O)c(N)c(C(C)C)c1. The fourth-order valence-corrected chi connectivity index (χ4v) is 1.71. The number of carbonyl (C=O) groups is 1. The average molecular weight is 220 g/mol. The highest BCUT2D eigenvalue weighted by atomic mass is 16.1. The number of amides is 1. The molecule has 0 unspecified atom stereocenters. The van der Waals surface area contributed by atoms with Crippen molar-refractivity contribution < 1.29 is 4.79 Å². The molecule has 0 radical (unpaired) electrons. The molecule has 0 aromatic heterocycles. The maximum absolute atomic E-state index is 11.3. The highest BCUT2D eigenvalue weighted by Gasteiger charge is 2.15. The van der Waals surface area contributed by atoms with E-state index in [0.29, 0.717) is 17.2 Å². The van der Waals surface area contributed by atoms with Crippen molar-refractivity contribution >= 4 is 11.6 Å². The van der Waals surface area contributed by atoms with Crippen LogP contribution in [0.1, 0.15) is 61.0 Å². The Bertz CT molecular complexity index is 409. The Morgan fingerprint density at radius 3 is 2.06 bits per heavy atom. The quantitative estimate of drug-likeness (QED) is 0.769. The molecule has 16 heavy (non-hydrogen) atoms. The van der Waals surface area contributed by atoms with Crippen LogP contribution in [0.4, 0.5) is 5.69 Å². The number of hydrogen-bond donors (Lipinski definition) is 2. The number of benzene rings is 1. The molecule has 0 aliphatic carbocycles. The van der Waals surface area contributed by atoms with Gasteiger partial charge in [0, 0.05) is 5.69 Å². The normalized spacial score (nSPS) is 11.1. The van der Waals surface area contributed by atoms with Crippen molar-refractivity contribution in [3.05, 3.63) is 28.8 Å². The van der Waals surface area contributed by atoms with Crippen LogP contribution in [-0.4, -0.2) is 5.91 Å². The van der Waals surface area contributed by atoms with Gasteiger partial charge >= 0.3 is 0 Å². The summed E-state index contributed by atoms with van der Waals surface area (Å²) in [5.41, 5.74) is 14.4. The average Bonchev–Trinajstić information content (AvgIpc) is 2.16. The third-order valence-corrected chi connectivity index (χ3v) is 2.79. The predicted molar refractivity (Wildman–Crippen MR) is 67.6 cm³/mol. The molecule has 0 fully saturated rings. The van der Waals surface area contributed by atoms with E-state index in [1.807, 2.05) is 0 Å². The smallest absolute Gasteiger partial charge is 0.250 e. The lowest BCUT2D eigenvalue weighted by atomic mass is 9.91. The first kappa shape index (κ1) is 12.6. The first-order valence-electron chi connectivity index (χ1n) is 5.57. The second kappa shape index (κ2) is 4.56. The minimum atomic E-state index is -0.457. The van der Waals surface area contributed by atoms with Crippen molar-refractivity contribution in [2.45, 2.75) is 39.5 Å². The maximum atomic E-state index is 11.3. The molecule has 1 aromatic carbocycles. The van der Waals surface area contributed by atoms with Gasteiger partial charge in [0.2, 0.25) is 0 Å². The molecule has 0 heterocycles. The van der Waals surface area contributed by atoms with E-state index < -0.39 is 5.91 Å². The molecule has 1 rings (SSSR count). The lowest BCUT2D eigenvalue weighted by Crippen LogP contribution is -2.16. The summed E-state index contributed by atoms with van der Waals surface area (Å²) in [4.78, 5) is 11.3. The minimum Gasteiger partial charge on any atom is -0.398 e. The third-order valence-electron chi connectivity index (χ3n) is 2.79. The van der Waals surface area contributed by atoms with E-state index in [1.54, 1.807) is 6.07 Å². The maximum Gasteiger partial charge on any atom is 0.250 e. The van der Waals surface area contributed by atoms with Crippen LogP contribution in [0.3, 0.4) is 0 Å². The lowest BCUT2D eigenvalue weighted by molar-refractivity contribution is 0.100. The number of rotatable bonds is 3. The largest absolute Gasteiger partial charge is 0.398 e. The minimum absolute atomic E-state index is 0.289. The fourth-order valence-electron chi connectivity index (χ4n) is 1.71. The van der Waals surface area contributed by atoms with Gasteiger partial charge in [-0.2, -0.15) is 0 Å². The monoisotopic (exact) mass is 220 g/mol. The van der Waals surface area contributed by atoms with Gasteiger partial charge in [0.25, 0.3) is 5.91 Å². The van der Waals surface area contributed by atoms with Gasteiger partial charge in [-0.1, -0.05) is 33.8 Å². The summed E-state index contributed by atoms with van der Waals surface area (Å²) in [7, 11) is 0. The molecule has 1 aromatic rings. The van der Waals surface area contributed by atoms with Crippen molar-refractivity contribution in [1.29, 1.82) is 0 Å². The van der Waals surface area contributed by atoms with Crippen LogP contribution in [0.25, 0.3) is 0 Å². The number of nitrogen functional groups attached to an aromatic ring is 1. The topological polar surface area (TPSA) is 69.1 Å². The first-order valence-corrected chi connectivity index (χ1v) is 5.57. The van der Waals surface area contributed by atoms with Crippen molar-refractivity contribution in [2.75, 3.05) is 5.73 Å². The van der Waals surface area contributed by atoms with Crippen molar-refractivity contribution in [3.63, 3.8) is 0 Å². The fraction of sp³-hybridized carbons (Fsp3) is 0.462. The van der Waals surface area contributed by atoms with E-state index in [4.69, 9.17) is 11.5 Å². The molecule has 0 aliphatic rings. The van der Waals surface area contributed by atoms with Gasteiger partial charge in [-0.15, -0.1) is 0 Å². The van der Waals surface area contributed by atoms with Crippen LogP contribution in [-0.2, 0) is 0 Å². The summed E-state index contributed by atoms with van der Waals surface area (Å²) < 4.78 is 0. The van der Waals surface area contributed by atoms with E-state index in [1.165, 1.54) is 0 Å². The predicted octanol–water partition coefficient (Wildman–Crippen LogP) is 2.61. The molecule has 0 saturated heterocycles. The van der Waals surface area contributed by atoms with E-state index in [2.05, 4.69) is 33.8 Å². The first-order chi connectivity index (χ1) is 7.34. The Morgan fingerprint density at radius 1 is 1.12 bits per heavy atom. The molecular weight excluding hydrogens is 200 g/mol. The Balaban J connectivity index is 3.45. The third kappa shape index (κ3) is 2.35. The Hall–Kier alpha value is -1.51. The van der Waals surface area contributed by atoms with Gasteiger partial charge in [-0.25, -0.2) is 0 Å². The summed E-state index contributed by atoms with van der Waals surface area (Å²) in [6.45, 7) is 8.28. The Morgan fingerprint density at radius 2 is 1.69 bits per heavy atom. The molecule has 3 heteroatoms. The van der Waals surface area contributed by atoms with Crippen molar-refractivity contribution in [3.8, 4) is 0 Å².